The van der Waals surface area contributed by atoms with Crippen molar-refractivity contribution >= 4 is 0 Å². The largest absolute Gasteiger partial charge is 0.497 e. The van der Waals surface area contributed by atoms with E-state index in [0.717, 1.165) is 26.0 Å². The molecular formula is C23H25N3O7. The van der Waals surface area contributed by atoms with E-state index in [9.17, 15) is 19.8 Å². The fourth-order valence-corrected chi connectivity index (χ4v) is 3.89. The van der Waals surface area contributed by atoms with Crippen molar-refractivity contribution in [1.82, 2.24) is 14.1 Å². The molecule has 1 saturated heterocycles. The van der Waals surface area contributed by atoms with Crippen LogP contribution in [-0.2, 0) is 11.3 Å². The molecule has 10 nitrogen and oxygen atoms in total. The highest BCUT2D eigenvalue weighted by Crippen LogP contribution is 2.29. The van der Waals surface area contributed by atoms with Crippen LogP contribution in [0.3, 0.4) is 0 Å². The van der Waals surface area contributed by atoms with Gasteiger partial charge in [0, 0.05) is 25.1 Å². The van der Waals surface area contributed by atoms with E-state index in [4.69, 9.17) is 14.6 Å². The first-order valence-corrected chi connectivity index (χ1v) is 10.5. The summed E-state index contributed by atoms with van der Waals surface area (Å²) in [5.41, 5.74) is 1.03. The molecule has 1 aromatic carbocycles. The number of ether oxygens (including phenoxy) is 2. The third kappa shape index (κ3) is 4.60. The first-order chi connectivity index (χ1) is 15.9. The third-order valence-corrected chi connectivity index (χ3v) is 5.68. The normalized spacial score (nSPS) is 22.4. The molecule has 0 saturated carbocycles. The zero-order chi connectivity index (χ0) is 23.5. The number of nitrogens with zero attached hydrogens (tertiary/aromatic N) is 3. The van der Waals surface area contributed by atoms with Gasteiger partial charge < -0.3 is 24.8 Å². The summed E-state index contributed by atoms with van der Waals surface area (Å²) in [4.78, 5) is 29.8. The summed E-state index contributed by atoms with van der Waals surface area (Å²) < 4.78 is 12.8. The van der Waals surface area contributed by atoms with E-state index in [0.29, 0.717) is 5.69 Å². The third-order valence-electron chi connectivity index (χ3n) is 5.68. The second kappa shape index (κ2) is 9.67. The molecule has 10 heteroatoms. The van der Waals surface area contributed by atoms with Crippen LogP contribution in [0.25, 0.3) is 11.1 Å². The number of aliphatic hydroxyl groups excluding tert-OH is 3. The predicted molar refractivity (Wildman–Crippen MR) is 118 cm³/mol. The second-order valence-corrected chi connectivity index (χ2v) is 7.75. The van der Waals surface area contributed by atoms with Crippen LogP contribution < -0.4 is 16.0 Å². The van der Waals surface area contributed by atoms with E-state index in [1.54, 1.807) is 19.4 Å². The van der Waals surface area contributed by atoms with Gasteiger partial charge in [-0.25, -0.2) is 4.79 Å². The minimum atomic E-state index is -1.39. The Hall–Kier alpha value is -3.31. The van der Waals surface area contributed by atoms with Crippen LogP contribution in [0, 0.1) is 0 Å². The molecule has 174 valence electrons. The van der Waals surface area contributed by atoms with Crippen LogP contribution in [0.1, 0.15) is 18.3 Å². The zero-order valence-electron chi connectivity index (χ0n) is 17.9. The molecule has 0 radical (unpaired) electrons. The van der Waals surface area contributed by atoms with Crippen LogP contribution in [-0.4, -0.2) is 61.5 Å². The first-order valence-electron chi connectivity index (χ1n) is 10.5. The van der Waals surface area contributed by atoms with E-state index >= 15 is 0 Å². The van der Waals surface area contributed by atoms with Crippen molar-refractivity contribution in [2.75, 3.05) is 13.7 Å². The lowest BCUT2D eigenvalue weighted by Gasteiger charge is -2.18. The Labute approximate surface area is 188 Å². The number of aliphatic hydroxyl groups is 3. The van der Waals surface area contributed by atoms with Gasteiger partial charge in [0.25, 0.3) is 5.56 Å². The minimum Gasteiger partial charge on any atom is -0.497 e. The second-order valence-electron chi connectivity index (χ2n) is 7.75. The average molecular weight is 455 g/mol. The number of hydrogen-bond acceptors (Lipinski definition) is 8. The van der Waals surface area contributed by atoms with E-state index in [1.807, 2.05) is 30.3 Å². The molecule has 2 aromatic heterocycles. The Bertz CT molecular complexity index is 1220. The number of rotatable bonds is 7. The quantitative estimate of drug-likeness (QED) is 0.457. The van der Waals surface area contributed by atoms with Crippen molar-refractivity contribution in [3.63, 3.8) is 0 Å². The van der Waals surface area contributed by atoms with Crippen molar-refractivity contribution in [2.24, 2.45) is 0 Å². The predicted octanol–water partition coefficient (Wildman–Crippen LogP) is 0.130. The van der Waals surface area contributed by atoms with E-state index in [1.165, 1.54) is 12.3 Å². The summed E-state index contributed by atoms with van der Waals surface area (Å²) in [7, 11) is 1.59. The Balaban J connectivity index is 1.63. The monoisotopic (exact) mass is 455 g/mol. The average Bonchev–Trinajstić information content (AvgIpc) is 3.11. The number of hydrogen-bond donors (Lipinski definition) is 3. The van der Waals surface area contributed by atoms with Gasteiger partial charge in [0.15, 0.2) is 6.23 Å². The van der Waals surface area contributed by atoms with Gasteiger partial charge >= 0.3 is 5.69 Å². The molecule has 0 bridgehead atoms. The lowest BCUT2D eigenvalue weighted by atomic mass is 10.1. The van der Waals surface area contributed by atoms with Crippen molar-refractivity contribution in [3.8, 4) is 16.9 Å². The van der Waals surface area contributed by atoms with Crippen LogP contribution in [0.4, 0.5) is 0 Å². The lowest BCUT2D eigenvalue weighted by molar-refractivity contribution is -0.0458. The molecular weight excluding hydrogens is 430 g/mol. The van der Waals surface area contributed by atoms with Gasteiger partial charge in [-0.15, -0.1) is 0 Å². The van der Waals surface area contributed by atoms with Gasteiger partial charge in [0.2, 0.25) is 0 Å². The molecule has 0 aliphatic carbocycles. The Kier molecular flexibility index (Phi) is 6.70. The van der Waals surface area contributed by atoms with Gasteiger partial charge in [-0.05, 0) is 41.8 Å². The van der Waals surface area contributed by atoms with E-state index in [2.05, 4.69) is 4.98 Å². The highest BCUT2D eigenvalue weighted by atomic mass is 16.6. The molecule has 1 aliphatic heterocycles. The van der Waals surface area contributed by atoms with Crippen LogP contribution >= 0.6 is 0 Å². The van der Waals surface area contributed by atoms with Crippen molar-refractivity contribution < 1.29 is 24.8 Å². The summed E-state index contributed by atoms with van der Waals surface area (Å²) in [6.07, 6.45) is -1.74. The molecule has 3 heterocycles. The van der Waals surface area contributed by atoms with Gasteiger partial charge in [-0.3, -0.25) is 18.9 Å². The summed E-state index contributed by atoms with van der Waals surface area (Å²) in [6, 6.07) is 12.3. The summed E-state index contributed by atoms with van der Waals surface area (Å²) in [6.45, 7) is -0.334. The highest BCUT2D eigenvalue weighted by Gasteiger charge is 2.43. The van der Waals surface area contributed by atoms with Crippen molar-refractivity contribution in [1.29, 1.82) is 0 Å². The van der Waals surface area contributed by atoms with Crippen LogP contribution in [0.2, 0.25) is 0 Å². The molecule has 4 rings (SSSR count). The molecule has 0 amide bonds. The number of benzene rings is 1. The molecule has 4 unspecified atom stereocenters. The first kappa shape index (κ1) is 22.9. The molecule has 33 heavy (non-hydrogen) atoms. The van der Waals surface area contributed by atoms with Gasteiger partial charge in [0.1, 0.15) is 18.0 Å². The van der Waals surface area contributed by atoms with Gasteiger partial charge in [-0.1, -0.05) is 12.1 Å². The molecule has 3 N–H and O–H groups in total. The number of aromatic nitrogens is 3. The molecule has 0 spiro atoms. The lowest BCUT2D eigenvalue weighted by Crippen LogP contribution is -2.43. The Morgan fingerprint density at radius 2 is 1.82 bits per heavy atom. The fourth-order valence-electron chi connectivity index (χ4n) is 3.89. The van der Waals surface area contributed by atoms with Crippen LogP contribution in [0.5, 0.6) is 5.75 Å². The Morgan fingerprint density at radius 3 is 2.52 bits per heavy atom. The Morgan fingerprint density at radius 1 is 1.06 bits per heavy atom. The van der Waals surface area contributed by atoms with Crippen molar-refractivity contribution in [2.45, 2.75) is 37.5 Å². The smallest absolute Gasteiger partial charge is 0.333 e. The standard InChI is InChI=1S/C23H25N3O7/c1-32-17-4-2-14(3-5-17)15-6-9-24-16(12-15)13-26-19(28)7-10-25(23(26)31)22-21(30)20(29)18(33-22)8-11-27/h2-7,9-10,12,18,20-22,27,29-30H,8,11,13H2,1H3. The SMILES string of the molecule is COc1ccc(-c2ccnc(Cn3c(=O)ccn(C4OC(CCO)C(O)C4O)c3=O)c2)cc1. The van der Waals surface area contributed by atoms with E-state index in [-0.39, 0.29) is 19.6 Å². The topological polar surface area (TPSA) is 136 Å². The number of methoxy groups -OCH3 is 1. The number of pyridine rings is 1. The zero-order valence-corrected chi connectivity index (χ0v) is 17.9. The molecule has 3 aromatic rings. The van der Waals surface area contributed by atoms with Gasteiger partial charge in [0.05, 0.1) is 25.5 Å². The van der Waals surface area contributed by atoms with Crippen LogP contribution in [0.15, 0.2) is 64.4 Å². The maximum absolute atomic E-state index is 13.1. The summed E-state index contributed by atoms with van der Waals surface area (Å²) in [5.74, 6) is 0.729. The van der Waals surface area contributed by atoms with Crippen molar-refractivity contribution in [3.05, 3.63) is 81.4 Å². The molecule has 1 aliphatic rings. The fraction of sp³-hybridized carbons (Fsp3) is 0.348. The van der Waals surface area contributed by atoms with E-state index < -0.39 is 35.8 Å². The summed E-state index contributed by atoms with van der Waals surface area (Å²) >= 11 is 0. The maximum atomic E-state index is 13.1. The molecule has 1 fully saturated rings. The summed E-state index contributed by atoms with van der Waals surface area (Å²) in [5, 5.41) is 29.6. The maximum Gasteiger partial charge on any atom is 0.333 e. The highest BCUT2D eigenvalue weighted by molar-refractivity contribution is 5.64. The molecule has 4 atom stereocenters. The minimum absolute atomic E-state index is 0.0893. The van der Waals surface area contributed by atoms with Gasteiger partial charge in [-0.2, -0.15) is 0 Å².